The highest BCUT2D eigenvalue weighted by molar-refractivity contribution is 5.92. The fraction of sp³-hybridized carbons (Fsp3) is 0.643. The number of hydrogen-bond acceptors (Lipinski definition) is 4. The van der Waals surface area contributed by atoms with Crippen LogP contribution in [0.3, 0.4) is 0 Å². The van der Waals surface area contributed by atoms with E-state index in [1.807, 2.05) is 0 Å². The molecule has 7 nitrogen and oxygen atoms in total. The van der Waals surface area contributed by atoms with E-state index in [0.717, 1.165) is 32.1 Å². The maximum atomic E-state index is 12.1. The first-order valence-corrected chi connectivity index (χ1v) is 7.48. The SMILES string of the molecule is NC1CCC(C(=O)Nc2cnn(CC(=O)NC3CC3)c2)C1. The van der Waals surface area contributed by atoms with Crippen LogP contribution in [0.1, 0.15) is 32.1 Å². The molecule has 0 spiro atoms. The number of amides is 2. The lowest BCUT2D eigenvalue weighted by molar-refractivity contribution is -0.122. The molecule has 1 aromatic heterocycles. The van der Waals surface area contributed by atoms with E-state index in [2.05, 4.69) is 15.7 Å². The molecule has 2 atom stereocenters. The third kappa shape index (κ3) is 3.81. The standard InChI is InChI=1S/C14H21N5O2/c15-10-2-1-9(5-10)14(21)18-12-6-16-19(7-12)8-13(20)17-11-3-4-11/h6-7,9-11H,1-5,8,15H2,(H,17,20)(H,18,21). The van der Waals surface area contributed by atoms with Gasteiger partial charge in [0, 0.05) is 24.2 Å². The summed E-state index contributed by atoms with van der Waals surface area (Å²) in [6.07, 6.45) is 7.86. The summed E-state index contributed by atoms with van der Waals surface area (Å²) in [7, 11) is 0. The van der Waals surface area contributed by atoms with Crippen LogP contribution >= 0.6 is 0 Å². The first-order valence-electron chi connectivity index (χ1n) is 7.48. The van der Waals surface area contributed by atoms with Crippen molar-refractivity contribution in [3.63, 3.8) is 0 Å². The molecule has 0 saturated heterocycles. The number of carbonyl (C=O) groups is 2. The highest BCUT2D eigenvalue weighted by Crippen LogP contribution is 2.25. The van der Waals surface area contributed by atoms with Gasteiger partial charge in [-0.15, -0.1) is 0 Å². The van der Waals surface area contributed by atoms with Crippen LogP contribution in [0.15, 0.2) is 12.4 Å². The molecular weight excluding hydrogens is 270 g/mol. The molecule has 0 aromatic carbocycles. The first-order chi connectivity index (χ1) is 10.1. The Kier molecular flexibility index (Phi) is 3.92. The number of nitrogens with zero attached hydrogens (tertiary/aromatic N) is 2. The van der Waals surface area contributed by atoms with Crippen molar-refractivity contribution in [1.29, 1.82) is 0 Å². The lowest BCUT2D eigenvalue weighted by Gasteiger charge is -2.08. The topological polar surface area (TPSA) is 102 Å². The molecule has 3 rings (SSSR count). The molecular formula is C14H21N5O2. The summed E-state index contributed by atoms with van der Waals surface area (Å²) < 4.78 is 1.54. The second-order valence-corrected chi connectivity index (χ2v) is 6.03. The Hall–Kier alpha value is -1.89. The van der Waals surface area contributed by atoms with E-state index < -0.39 is 0 Å². The van der Waals surface area contributed by atoms with Crippen LogP contribution in [0, 0.1) is 5.92 Å². The van der Waals surface area contributed by atoms with Crippen LogP contribution in [0.4, 0.5) is 5.69 Å². The summed E-state index contributed by atoms with van der Waals surface area (Å²) >= 11 is 0. The lowest BCUT2D eigenvalue weighted by atomic mass is 10.1. The van der Waals surface area contributed by atoms with Crippen molar-refractivity contribution in [3.8, 4) is 0 Å². The third-order valence-corrected chi connectivity index (χ3v) is 3.99. The molecule has 1 aromatic rings. The molecule has 2 aliphatic rings. The monoisotopic (exact) mass is 291 g/mol. The minimum Gasteiger partial charge on any atom is -0.352 e. The van der Waals surface area contributed by atoms with Gasteiger partial charge >= 0.3 is 0 Å². The second kappa shape index (κ2) is 5.85. The predicted octanol–water partition coefficient (Wildman–Crippen LogP) is 0.228. The Balaban J connectivity index is 1.49. The quantitative estimate of drug-likeness (QED) is 0.722. The Morgan fingerprint density at radius 2 is 2.14 bits per heavy atom. The van der Waals surface area contributed by atoms with Crippen molar-refractivity contribution in [2.75, 3.05) is 5.32 Å². The van der Waals surface area contributed by atoms with Crippen molar-refractivity contribution < 1.29 is 9.59 Å². The van der Waals surface area contributed by atoms with Gasteiger partial charge in [0.1, 0.15) is 6.54 Å². The van der Waals surface area contributed by atoms with Gasteiger partial charge < -0.3 is 16.4 Å². The summed E-state index contributed by atoms with van der Waals surface area (Å²) in [6.45, 7) is 0.181. The number of rotatable bonds is 5. The minimum atomic E-state index is -0.0414. The minimum absolute atomic E-state index is 0.00932. The predicted molar refractivity (Wildman–Crippen MR) is 77.3 cm³/mol. The number of nitrogens with two attached hydrogens (primary N) is 1. The molecule has 114 valence electrons. The van der Waals surface area contributed by atoms with Crippen LogP contribution in [-0.2, 0) is 16.1 Å². The van der Waals surface area contributed by atoms with E-state index in [4.69, 9.17) is 5.73 Å². The summed E-state index contributed by atoms with van der Waals surface area (Å²) in [5, 5.41) is 9.84. The molecule has 7 heteroatoms. The lowest BCUT2D eigenvalue weighted by Crippen LogP contribution is -2.29. The average Bonchev–Trinajstić information content (AvgIpc) is 2.95. The van der Waals surface area contributed by atoms with Gasteiger partial charge in [-0.25, -0.2) is 0 Å². The largest absolute Gasteiger partial charge is 0.352 e. The normalized spacial score (nSPS) is 24.8. The van der Waals surface area contributed by atoms with Crippen LogP contribution in [-0.4, -0.2) is 33.7 Å². The van der Waals surface area contributed by atoms with Gasteiger partial charge in [0.25, 0.3) is 0 Å². The number of nitrogens with one attached hydrogen (secondary N) is 2. The number of anilines is 1. The molecule has 21 heavy (non-hydrogen) atoms. The molecule has 0 bridgehead atoms. The van der Waals surface area contributed by atoms with Crippen molar-refractivity contribution >= 4 is 17.5 Å². The number of aromatic nitrogens is 2. The van der Waals surface area contributed by atoms with Gasteiger partial charge in [-0.3, -0.25) is 14.3 Å². The Morgan fingerprint density at radius 3 is 2.81 bits per heavy atom. The van der Waals surface area contributed by atoms with Gasteiger partial charge in [0.2, 0.25) is 11.8 Å². The summed E-state index contributed by atoms with van der Waals surface area (Å²) in [5.74, 6) is -0.0632. The Morgan fingerprint density at radius 1 is 1.33 bits per heavy atom. The summed E-state index contributed by atoms with van der Waals surface area (Å²) in [5.41, 5.74) is 6.44. The number of hydrogen-bond donors (Lipinski definition) is 3. The molecule has 2 amide bonds. The second-order valence-electron chi connectivity index (χ2n) is 6.03. The van der Waals surface area contributed by atoms with Crippen molar-refractivity contribution in [2.24, 2.45) is 11.7 Å². The molecule has 0 aliphatic heterocycles. The van der Waals surface area contributed by atoms with Gasteiger partial charge in [0.05, 0.1) is 11.9 Å². The van der Waals surface area contributed by atoms with Crippen LogP contribution in [0.5, 0.6) is 0 Å². The zero-order chi connectivity index (χ0) is 14.8. The summed E-state index contributed by atoms with van der Waals surface area (Å²) in [4.78, 5) is 23.7. The first kappa shape index (κ1) is 14.1. The van der Waals surface area contributed by atoms with Gasteiger partial charge in [0.15, 0.2) is 0 Å². The van der Waals surface area contributed by atoms with Gasteiger partial charge in [-0.2, -0.15) is 5.10 Å². The molecule has 4 N–H and O–H groups in total. The highest BCUT2D eigenvalue weighted by atomic mass is 16.2. The molecule has 1 heterocycles. The maximum Gasteiger partial charge on any atom is 0.241 e. The van der Waals surface area contributed by atoms with Crippen molar-refractivity contribution in [3.05, 3.63) is 12.4 Å². The van der Waals surface area contributed by atoms with E-state index in [1.165, 1.54) is 4.68 Å². The number of carbonyl (C=O) groups excluding carboxylic acids is 2. The van der Waals surface area contributed by atoms with Crippen molar-refractivity contribution in [2.45, 2.75) is 50.7 Å². The van der Waals surface area contributed by atoms with E-state index in [1.54, 1.807) is 12.4 Å². The van der Waals surface area contributed by atoms with E-state index in [-0.39, 0.29) is 30.3 Å². The summed E-state index contributed by atoms with van der Waals surface area (Å²) in [6, 6.07) is 0.480. The van der Waals surface area contributed by atoms with Crippen LogP contribution < -0.4 is 16.4 Å². The Bertz CT molecular complexity index is 537. The molecule has 2 aliphatic carbocycles. The fourth-order valence-corrected chi connectivity index (χ4v) is 2.66. The van der Waals surface area contributed by atoms with E-state index in [9.17, 15) is 9.59 Å². The third-order valence-electron chi connectivity index (χ3n) is 3.99. The molecule has 2 fully saturated rings. The van der Waals surface area contributed by atoms with Gasteiger partial charge in [-0.1, -0.05) is 0 Å². The Labute approximate surface area is 123 Å². The highest BCUT2D eigenvalue weighted by Gasteiger charge is 2.28. The van der Waals surface area contributed by atoms with E-state index >= 15 is 0 Å². The maximum absolute atomic E-state index is 12.1. The van der Waals surface area contributed by atoms with Crippen LogP contribution in [0.25, 0.3) is 0 Å². The van der Waals surface area contributed by atoms with Crippen molar-refractivity contribution in [1.82, 2.24) is 15.1 Å². The molecule has 2 saturated carbocycles. The van der Waals surface area contributed by atoms with Gasteiger partial charge in [-0.05, 0) is 32.1 Å². The van der Waals surface area contributed by atoms with Crippen LogP contribution in [0.2, 0.25) is 0 Å². The smallest absolute Gasteiger partial charge is 0.241 e. The zero-order valence-corrected chi connectivity index (χ0v) is 11.9. The molecule has 0 radical (unpaired) electrons. The van der Waals surface area contributed by atoms with E-state index in [0.29, 0.717) is 11.7 Å². The fourth-order valence-electron chi connectivity index (χ4n) is 2.66. The zero-order valence-electron chi connectivity index (χ0n) is 11.9. The molecule has 2 unspecified atom stereocenters. The average molecular weight is 291 g/mol.